The molecule has 10 heavy (non-hydrogen) atoms. The van der Waals surface area contributed by atoms with Gasteiger partial charge in [0.05, 0.1) is 5.75 Å². The van der Waals surface area contributed by atoms with Crippen molar-refractivity contribution in [2.45, 2.75) is 0 Å². The fraction of sp³-hybridized carbons (Fsp3) is 0.333. The number of thioether (sulfide) groups is 1. The van der Waals surface area contributed by atoms with Crippen molar-refractivity contribution in [1.29, 1.82) is 0 Å². The Morgan fingerprint density at radius 2 is 2.00 bits per heavy atom. The van der Waals surface area contributed by atoms with Crippen molar-refractivity contribution >= 4 is 105 Å². The number of aliphatic carboxylic acids is 1. The predicted molar refractivity (Wildman–Crippen MR) is 56.0 cm³/mol. The summed E-state index contributed by atoms with van der Waals surface area (Å²) in [5, 5.41) is 8.05. The summed E-state index contributed by atoms with van der Waals surface area (Å²) >= 11 is 9.22. The summed E-state index contributed by atoms with van der Waals surface area (Å²) in [5.74, 6) is -0.867. The molecule has 0 aliphatic rings. The third-order valence-corrected chi connectivity index (χ3v) is 1.70. The SMILES string of the molecule is O=C(O)CSC(=S)S.[NaH].[NaH]. The zero-order valence-corrected chi connectivity index (χ0v) is 6.35. The van der Waals surface area contributed by atoms with E-state index in [1.54, 1.807) is 0 Å². The summed E-state index contributed by atoms with van der Waals surface area (Å²) < 4.78 is 0.368. The molecule has 0 spiro atoms. The van der Waals surface area contributed by atoms with Gasteiger partial charge in [-0.25, -0.2) is 0 Å². The number of carboxylic acids is 1. The predicted octanol–water partition coefficient (Wildman–Crippen LogP) is -0.278. The van der Waals surface area contributed by atoms with Crippen LogP contribution >= 0.6 is 36.6 Å². The Bertz CT molecular complexity index is 104. The van der Waals surface area contributed by atoms with Crippen molar-refractivity contribution in [3.8, 4) is 0 Å². The number of carboxylic acid groups (broad SMARTS) is 1. The van der Waals surface area contributed by atoms with Crippen molar-refractivity contribution in [2.24, 2.45) is 0 Å². The first-order valence-corrected chi connectivity index (χ1v) is 3.54. The maximum atomic E-state index is 9.79. The molecule has 0 bridgehead atoms. The molecule has 0 aromatic carbocycles. The summed E-state index contributed by atoms with van der Waals surface area (Å²) in [4.78, 5) is 9.79. The molecular formula is C3H6Na2O2S3. The van der Waals surface area contributed by atoms with Gasteiger partial charge in [-0.1, -0.05) is 24.0 Å². The van der Waals surface area contributed by atoms with E-state index in [-0.39, 0.29) is 64.9 Å². The minimum absolute atomic E-state index is 0. The van der Waals surface area contributed by atoms with Gasteiger partial charge in [-0.15, -0.1) is 12.6 Å². The van der Waals surface area contributed by atoms with Crippen LogP contribution in [0, 0.1) is 0 Å². The number of hydrogen-bond donors (Lipinski definition) is 2. The van der Waals surface area contributed by atoms with E-state index in [4.69, 9.17) is 5.11 Å². The first kappa shape index (κ1) is 18.1. The number of hydrogen-bond acceptors (Lipinski definition) is 3. The van der Waals surface area contributed by atoms with Crippen LogP contribution in [0.25, 0.3) is 0 Å². The van der Waals surface area contributed by atoms with Gasteiger partial charge in [0.25, 0.3) is 0 Å². The zero-order valence-electron chi connectivity index (χ0n) is 3.83. The molecule has 0 rings (SSSR count). The Morgan fingerprint density at radius 3 is 2.10 bits per heavy atom. The molecule has 0 heterocycles. The third-order valence-electron chi connectivity index (χ3n) is 0.319. The first-order valence-electron chi connectivity index (χ1n) is 1.70. The van der Waals surface area contributed by atoms with Gasteiger partial charge in [0, 0.05) is 0 Å². The topological polar surface area (TPSA) is 37.3 Å². The van der Waals surface area contributed by atoms with Crippen molar-refractivity contribution < 1.29 is 9.90 Å². The van der Waals surface area contributed by atoms with Crippen molar-refractivity contribution in [3.05, 3.63) is 0 Å². The number of carbonyl (C=O) groups is 1. The third kappa shape index (κ3) is 16.7. The van der Waals surface area contributed by atoms with Gasteiger partial charge in [0.1, 0.15) is 3.53 Å². The van der Waals surface area contributed by atoms with Crippen LogP contribution in [-0.2, 0) is 4.79 Å². The maximum absolute atomic E-state index is 9.79. The standard InChI is InChI=1S/C3H4O2S3.2Na.2H/c4-2(5)1-8-3(6)7;;;;/h1H2,(H,4,5)(H,6,7);;;;. The summed E-state index contributed by atoms with van der Waals surface area (Å²) in [6, 6.07) is 0. The number of thiol groups is 1. The average Bonchev–Trinajstić information content (AvgIpc) is 1.61. The normalized spacial score (nSPS) is 6.90. The van der Waals surface area contributed by atoms with E-state index in [2.05, 4.69) is 24.8 Å². The molecule has 1 N–H and O–H groups in total. The van der Waals surface area contributed by atoms with Crippen molar-refractivity contribution in [3.63, 3.8) is 0 Å². The van der Waals surface area contributed by atoms with Gasteiger partial charge in [0.2, 0.25) is 0 Å². The Morgan fingerprint density at radius 1 is 1.60 bits per heavy atom. The van der Waals surface area contributed by atoms with Crippen LogP contribution in [0.4, 0.5) is 0 Å². The van der Waals surface area contributed by atoms with E-state index in [9.17, 15) is 4.79 Å². The molecule has 0 amide bonds. The number of rotatable bonds is 2. The Hall–Kier alpha value is 2.26. The second-order valence-corrected chi connectivity index (χ2v) is 3.65. The van der Waals surface area contributed by atoms with Crippen LogP contribution in [0.3, 0.4) is 0 Å². The number of thiocarbonyl (C=S) groups is 1. The molecule has 0 saturated carbocycles. The van der Waals surface area contributed by atoms with E-state index < -0.39 is 5.97 Å². The van der Waals surface area contributed by atoms with Gasteiger partial charge in [-0.05, 0) is 0 Å². The van der Waals surface area contributed by atoms with Crippen LogP contribution < -0.4 is 0 Å². The van der Waals surface area contributed by atoms with Crippen LogP contribution in [0.5, 0.6) is 0 Å². The molecule has 0 aliphatic carbocycles. The van der Waals surface area contributed by atoms with Crippen LogP contribution in [0.15, 0.2) is 0 Å². The molecule has 0 unspecified atom stereocenters. The molecule has 0 aliphatic heterocycles. The monoisotopic (exact) mass is 216 g/mol. The van der Waals surface area contributed by atoms with Gasteiger partial charge >= 0.3 is 65.1 Å². The molecule has 0 fully saturated rings. The quantitative estimate of drug-likeness (QED) is 0.378. The van der Waals surface area contributed by atoms with Gasteiger partial charge in [0.15, 0.2) is 0 Å². The van der Waals surface area contributed by atoms with E-state index in [1.807, 2.05) is 0 Å². The first-order chi connectivity index (χ1) is 3.63. The van der Waals surface area contributed by atoms with Crippen molar-refractivity contribution in [2.75, 3.05) is 5.75 Å². The van der Waals surface area contributed by atoms with Crippen LogP contribution in [0.1, 0.15) is 0 Å². The minimum atomic E-state index is -0.869. The van der Waals surface area contributed by atoms with Gasteiger partial charge < -0.3 is 5.11 Å². The zero-order chi connectivity index (χ0) is 6.57. The molecule has 7 heteroatoms. The molecular weight excluding hydrogens is 210 g/mol. The second kappa shape index (κ2) is 11.3. The summed E-state index contributed by atoms with van der Waals surface area (Å²) in [5.41, 5.74) is 0. The Labute approximate surface area is 119 Å². The fourth-order valence-corrected chi connectivity index (χ4v) is 0.741. The molecule has 0 radical (unpaired) electrons. The molecule has 0 aromatic heterocycles. The summed E-state index contributed by atoms with van der Waals surface area (Å²) in [7, 11) is 0. The fourth-order valence-electron chi connectivity index (χ4n) is 0.123. The van der Waals surface area contributed by atoms with E-state index in [0.29, 0.717) is 3.53 Å². The van der Waals surface area contributed by atoms with E-state index >= 15 is 0 Å². The van der Waals surface area contributed by atoms with Gasteiger partial charge in [-0.2, -0.15) is 0 Å². The molecule has 0 aromatic rings. The Balaban J connectivity index is -0.000000245. The van der Waals surface area contributed by atoms with E-state index in [1.165, 1.54) is 0 Å². The van der Waals surface area contributed by atoms with E-state index in [0.717, 1.165) is 11.8 Å². The molecule has 0 atom stereocenters. The average molecular weight is 216 g/mol. The molecule has 0 saturated heterocycles. The van der Waals surface area contributed by atoms with Gasteiger partial charge in [-0.3, -0.25) is 4.79 Å². The molecule has 2 nitrogen and oxygen atoms in total. The second-order valence-electron chi connectivity index (χ2n) is 0.948. The van der Waals surface area contributed by atoms with Crippen LogP contribution in [0.2, 0.25) is 0 Å². The van der Waals surface area contributed by atoms with Crippen LogP contribution in [-0.4, -0.2) is 79.5 Å². The summed E-state index contributed by atoms with van der Waals surface area (Å²) in [6.07, 6.45) is 0. The van der Waals surface area contributed by atoms with Crippen molar-refractivity contribution in [1.82, 2.24) is 0 Å². The Kier molecular flexibility index (Phi) is 20.4. The molecule has 50 valence electrons. The summed E-state index contributed by atoms with van der Waals surface area (Å²) in [6.45, 7) is 0.